The van der Waals surface area contributed by atoms with Crippen molar-refractivity contribution in [3.05, 3.63) is 23.4 Å². The lowest BCUT2D eigenvalue weighted by atomic mass is 10.00. The minimum Gasteiger partial charge on any atom is -0.356 e. The SMILES string of the molecule is Cc1cc(CN)cc(N2CCC(N3CCCCC3)CC2)n1. The Kier molecular flexibility index (Phi) is 4.76. The maximum atomic E-state index is 5.78. The molecule has 0 unspecified atom stereocenters. The number of rotatable bonds is 3. The van der Waals surface area contributed by atoms with Crippen LogP contribution < -0.4 is 10.6 Å². The van der Waals surface area contributed by atoms with E-state index in [-0.39, 0.29) is 0 Å². The molecule has 4 heteroatoms. The molecule has 2 saturated heterocycles. The van der Waals surface area contributed by atoms with E-state index in [1.54, 1.807) is 0 Å². The normalized spacial score (nSPS) is 21.7. The number of aryl methyl sites for hydroxylation is 1. The molecule has 4 nitrogen and oxygen atoms in total. The number of hydrogen-bond donors (Lipinski definition) is 1. The van der Waals surface area contributed by atoms with Crippen LogP contribution >= 0.6 is 0 Å². The number of hydrogen-bond acceptors (Lipinski definition) is 4. The molecular weight excluding hydrogens is 260 g/mol. The van der Waals surface area contributed by atoms with Crippen molar-refractivity contribution in [3.63, 3.8) is 0 Å². The quantitative estimate of drug-likeness (QED) is 0.927. The number of pyridine rings is 1. The summed E-state index contributed by atoms with van der Waals surface area (Å²) in [7, 11) is 0. The van der Waals surface area contributed by atoms with Crippen LogP contribution in [0.5, 0.6) is 0 Å². The first-order valence-electron chi connectivity index (χ1n) is 8.43. The summed E-state index contributed by atoms with van der Waals surface area (Å²) in [5.74, 6) is 1.12. The molecule has 0 spiro atoms. The van der Waals surface area contributed by atoms with Crippen LogP contribution in [0, 0.1) is 6.92 Å². The molecule has 2 aliphatic rings. The Morgan fingerprint density at radius 3 is 2.48 bits per heavy atom. The highest BCUT2D eigenvalue weighted by atomic mass is 15.2. The van der Waals surface area contributed by atoms with Crippen LogP contribution in [0.4, 0.5) is 5.82 Å². The maximum absolute atomic E-state index is 5.78. The monoisotopic (exact) mass is 288 g/mol. The Morgan fingerprint density at radius 2 is 1.81 bits per heavy atom. The fraction of sp³-hybridized carbons (Fsp3) is 0.706. The molecule has 3 rings (SSSR count). The van der Waals surface area contributed by atoms with Crippen molar-refractivity contribution in [1.82, 2.24) is 9.88 Å². The Labute approximate surface area is 128 Å². The van der Waals surface area contributed by atoms with Gasteiger partial charge in [-0.1, -0.05) is 6.42 Å². The minimum atomic E-state index is 0.598. The highest BCUT2D eigenvalue weighted by molar-refractivity contribution is 5.43. The zero-order valence-corrected chi connectivity index (χ0v) is 13.2. The summed E-state index contributed by atoms with van der Waals surface area (Å²) in [6.07, 6.45) is 6.74. The highest BCUT2D eigenvalue weighted by Crippen LogP contribution is 2.24. The van der Waals surface area contributed by atoms with Gasteiger partial charge in [-0.2, -0.15) is 0 Å². The van der Waals surface area contributed by atoms with E-state index < -0.39 is 0 Å². The predicted molar refractivity (Wildman–Crippen MR) is 87.5 cm³/mol. The lowest BCUT2D eigenvalue weighted by Crippen LogP contribution is -2.47. The molecule has 1 aromatic heterocycles. The number of piperidine rings is 2. The Bertz CT molecular complexity index is 460. The zero-order valence-electron chi connectivity index (χ0n) is 13.2. The van der Waals surface area contributed by atoms with Gasteiger partial charge in [0, 0.05) is 31.4 Å². The van der Waals surface area contributed by atoms with Gasteiger partial charge in [-0.3, -0.25) is 0 Å². The van der Waals surface area contributed by atoms with Gasteiger partial charge in [0.15, 0.2) is 0 Å². The third kappa shape index (κ3) is 3.55. The zero-order chi connectivity index (χ0) is 14.7. The van der Waals surface area contributed by atoms with Crippen molar-refractivity contribution in [2.75, 3.05) is 31.1 Å². The molecule has 0 amide bonds. The van der Waals surface area contributed by atoms with Crippen LogP contribution in [0.1, 0.15) is 43.4 Å². The number of anilines is 1. The van der Waals surface area contributed by atoms with Gasteiger partial charge in [0.25, 0.3) is 0 Å². The average molecular weight is 288 g/mol. The van der Waals surface area contributed by atoms with E-state index in [0.717, 1.165) is 30.6 Å². The highest BCUT2D eigenvalue weighted by Gasteiger charge is 2.26. The molecule has 0 atom stereocenters. The van der Waals surface area contributed by atoms with Gasteiger partial charge < -0.3 is 15.5 Å². The Balaban J connectivity index is 1.61. The van der Waals surface area contributed by atoms with Gasteiger partial charge in [-0.15, -0.1) is 0 Å². The summed E-state index contributed by atoms with van der Waals surface area (Å²) in [5, 5.41) is 0. The van der Waals surface area contributed by atoms with Crippen LogP contribution in [-0.4, -0.2) is 42.1 Å². The molecule has 116 valence electrons. The van der Waals surface area contributed by atoms with Gasteiger partial charge in [0.05, 0.1) is 0 Å². The van der Waals surface area contributed by atoms with Gasteiger partial charge >= 0.3 is 0 Å². The van der Waals surface area contributed by atoms with E-state index in [0.29, 0.717) is 6.54 Å². The second kappa shape index (κ2) is 6.75. The van der Waals surface area contributed by atoms with E-state index in [9.17, 15) is 0 Å². The molecule has 1 aromatic rings. The van der Waals surface area contributed by atoms with Gasteiger partial charge in [-0.25, -0.2) is 4.98 Å². The largest absolute Gasteiger partial charge is 0.356 e. The van der Waals surface area contributed by atoms with Crippen molar-refractivity contribution in [3.8, 4) is 0 Å². The van der Waals surface area contributed by atoms with Gasteiger partial charge in [0.2, 0.25) is 0 Å². The minimum absolute atomic E-state index is 0.598. The molecule has 0 saturated carbocycles. The van der Waals surface area contributed by atoms with E-state index in [1.165, 1.54) is 50.8 Å². The Hall–Kier alpha value is -1.13. The van der Waals surface area contributed by atoms with Gasteiger partial charge in [-0.05, 0) is 63.4 Å². The first kappa shape index (κ1) is 14.8. The molecule has 2 aliphatic heterocycles. The summed E-state index contributed by atoms with van der Waals surface area (Å²) in [6.45, 7) is 7.53. The lowest BCUT2D eigenvalue weighted by Gasteiger charge is -2.40. The van der Waals surface area contributed by atoms with Crippen LogP contribution in [0.25, 0.3) is 0 Å². The maximum Gasteiger partial charge on any atom is 0.129 e. The van der Waals surface area contributed by atoms with Crippen molar-refractivity contribution >= 4 is 5.82 Å². The van der Waals surface area contributed by atoms with Gasteiger partial charge in [0.1, 0.15) is 5.82 Å². The molecular formula is C17H28N4. The molecule has 0 aliphatic carbocycles. The fourth-order valence-corrected chi connectivity index (χ4v) is 3.74. The Morgan fingerprint density at radius 1 is 1.10 bits per heavy atom. The van der Waals surface area contributed by atoms with Crippen LogP contribution in [0.3, 0.4) is 0 Å². The van der Waals surface area contributed by atoms with Crippen molar-refractivity contribution in [2.24, 2.45) is 5.73 Å². The summed E-state index contributed by atoms with van der Waals surface area (Å²) in [5.41, 5.74) is 8.05. The second-order valence-electron chi connectivity index (χ2n) is 6.49. The van der Waals surface area contributed by atoms with Crippen molar-refractivity contribution < 1.29 is 0 Å². The summed E-state index contributed by atoms with van der Waals surface area (Å²) >= 11 is 0. The first-order valence-corrected chi connectivity index (χ1v) is 8.43. The molecule has 2 fully saturated rings. The topological polar surface area (TPSA) is 45.4 Å². The average Bonchev–Trinajstić information content (AvgIpc) is 2.55. The smallest absolute Gasteiger partial charge is 0.129 e. The lowest BCUT2D eigenvalue weighted by molar-refractivity contribution is 0.141. The summed E-state index contributed by atoms with van der Waals surface area (Å²) < 4.78 is 0. The second-order valence-corrected chi connectivity index (χ2v) is 6.49. The van der Waals surface area contributed by atoms with Crippen LogP contribution in [0.15, 0.2) is 12.1 Å². The molecule has 0 aromatic carbocycles. The van der Waals surface area contributed by atoms with E-state index in [2.05, 4.69) is 28.9 Å². The molecule has 3 heterocycles. The third-order valence-corrected chi connectivity index (χ3v) is 4.93. The summed E-state index contributed by atoms with van der Waals surface area (Å²) in [4.78, 5) is 9.85. The fourth-order valence-electron chi connectivity index (χ4n) is 3.74. The molecule has 0 radical (unpaired) electrons. The number of aromatic nitrogens is 1. The standard InChI is InChI=1S/C17H28N4/c1-14-11-15(13-18)12-17(19-14)21-9-5-16(6-10-21)20-7-3-2-4-8-20/h11-12,16H,2-10,13,18H2,1H3. The summed E-state index contributed by atoms with van der Waals surface area (Å²) in [6, 6.07) is 5.04. The van der Waals surface area contributed by atoms with Crippen LogP contribution in [-0.2, 0) is 6.54 Å². The third-order valence-electron chi connectivity index (χ3n) is 4.93. The predicted octanol–water partition coefficient (Wildman–Crippen LogP) is 2.30. The first-order chi connectivity index (χ1) is 10.3. The number of likely N-dealkylation sites (tertiary alicyclic amines) is 1. The molecule has 0 bridgehead atoms. The molecule has 2 N–H and O–H groups in total. The number of nitrogens with zero attached hydrogens (tertiary/aromatic N) is 3. The van der Waals surface area contributed by atoms with Crippen molar-refractivity contribution in [1.29, 1.82) is 0 Å². The molecule has 21 heavy (non-hydrogen) atoms. The van der Waals surface area contributed by atoms with Crippen LogP contribution in [0.2, 0.25) is 0 Å². The van der Waals surface area contributed by atoms with Crippen molar-refractivity contribution in [2.45, 2.75) is 51.6 Å². The van der Waals surface area contributed by atoms with E-state index in [1.807, 2.05) is 0 Å². The number of nitrogens with two attached hydrogens (primary N) is 1. The van der Waals surface area contributed by atoms with E-state index in [4.69, 9.17) is 10.7 Å². The van der Waals surface area contributed by atoms with E-state index >= 15 is 0 Å².